The monoisotopic (exact) mass is 148 g/mol. The zero-order valence-electron chi connectivity index (χ0n) is 6.84. The summed E-state index contributed by atoms with van der Waals surface area (Å²) in [4.78, 5) is 0. The molecule has 0 saturated carbocycles. The summed E-state index contributed by atoms with van der Waals surface area (Å²) in [6.45, 7) is 6.15. The summed E-state index contributed by atoms with van der Waals surface area (Å²) in [7, 11) is 0. The molecule has 0 saturated heterocycles. The second-order valence-electron chi connectivity index (χ2n) is 3.21. The van der Waals surface area contributed by atoms with Crippen LogP contribution in [0.15, 0.2) is 9.63 Å². The van der Waals surface area contributed by atoms with Gasteiger partial charge in [-0.2, -0.15) is 5.11 Å². The fourth-order valence-corrected chi connectivity index (χ4v) is 0.671. The van der Waals surface area contributed by atoms with Crippen LogP contribution >= 0.6 is 11.1 Å². The number of thiol groups is 1. The van der Waals surface area contributed by atoms with Gasteiger partial charge in [0.2, 0.25) is 0 Å². The van der Waals surface area contributed by atoms with E-state index < -0.39 is 0 Å². The minimum absolute atomic E-state index is 0.00655. The number of rotatable bonds is 1. The SMILES string of the molecule is C[SH](C)/N=N\C(C)(C)C. The van der Waals surface area contributed by atoms with Crippen molar-refractivity contribution in [2.24, 2.45) is 9.63 Å². The molecule has 0 atom stereocenters. The highest BCUT2D eigenvalue weighted by Crippen LogP contribution is 2.19. The van der Waals surface area contributed by atoms with Crippen LogP contribution in [0, 0.1) is 0 Å². The predicted octanol–water partition coefficient (Wildman–Crippen LogP) is 2.41. The van der Waals surface area contributed by atoms with E-state index in [9.17, 15) is 0 Å². The van der Waals surface area contributed by atoms with Crippen molar-refractivity contribution in [2.45, 2.75) is 26.3 Å². The van der Waals surface area contributed by atoms with Gasteiger partial charge in [-0.25, -0.2) is 0 Å². The van der Waals surface area contributed by atoms with E-state index in [1.165, 1.54) is 0 Å². The average molecular weight is 148 g/mol. The van der Waals surface area contributed by atoms with Crippen LogP contribution in [0.4, 0.5) is 0 Å². The summed E-state index contributed by atoms with van der Waals surface area (Å²) < 4.78 is 4.09. The number of nitrogens with zero attached hydrogens (tertiary/aromatic N) is 2. The summed E-state index contributed by atoms with van der Waals surface area (Å²) in [5.41, 5.74) is 0.00655. The van der Waals surface area contributed by atoms with Crippen molar-refractivity contribution in [3.05, 3.63) is 0 Å². The van der Waals surface area contributed by atoms with Crippen LogP contribution in [-0.2, 0) is 0 Å². The molecule has 0 aromatic rings. The smallest absolute Gasteiger partial charge is 0.0742 e. The van der Waals surface area contributed by atoms with Crippen molar-refractivity contribution in [3.8, 4) is 0 Å². The molecule has 0 amide bonds. The molecule has 0 unspecified atom stereocenters. The Morgan fingerprint density at radius 1 is 1.11 bits per heavy atom. The maximum atomic E-state index is 4.11. The molecule has 0 heterocycles. The molecule has 0 aromatic carbocycles. The first kappa shape index (κ1) is 8.95. The summed E-state index contributed by atoms with van der Waals surface area (Å²) in [6, 6.07) is 0. The normalized spacial score (nSPS) is 14.6. The molecule has 0 bridgehead atoms. The standard InChI is InChI=1S/C6H16N2S/c1-6(2,3)7-8-9(4)5/h9H,1-5H3/b8-7-. The maximum Gasteiger partial charge on any atom is 0.0742 e. The van der Waals surface area contributed by atoms with E-state index in [-0.39, 0.29) is 16.6 Å². The third-order valence-electron chi connectivity index (χ3n) is 0.524. The number of hydrogen-bond donors (Lipinski definition) is 1. The topological polar surface area (TPSA) is 24.7 Å². The molecule has 0 N–H and O–H groups in total. The highest BCUT2D eigenvalue weighted by molar-refractivity contribution is 8.14. The first-order valence-electron chi connectivity index (χ1n) is 3.02. The van der Waals surface area contributed by atoms with Gasteiger partial charge in [-0.1, -0.05) is 0 Å². The van der Waals surface area contributed by atoms with Gasteiger partial charge in [-0.15, -0.1) is 15.6 Å². The van der Waals surface area contributed by atoms with E-state index in [1.807, 2.05) is 0 Å². The second-order valence-corrected chi connectivity index (χ2v) is 5.08. The van der Waals surface area contributed by atoms with E-state index in [4.69, 9.17) is 0 Å². The van der Waals surface area contributed by atoms with Crippen LogP contribution in [0.5, 0.6) is 0 Å². The molecule has 0 fully saturated rings. The summed E-state index contributed by atoms with van der Waals surface area (Å²) in [5, 5.41) is 4.11. The quantitative estimate of drug-likeness (QED) is 0.436. The molecular weight excluding hydrogens is 132 g/mol. The molecular formula is C6H16N2S. The molecule has 56 valence electrons. The van der Waals surface area contributed by atoms with E-state index >= 15 is 0 Å². The number of hydrogen-bond acceptors (Lipinski definition) is 2. The van der Waals surface area contributed by atoms with Crippen LogP contribution in [0.3, 0.4) is 0 Å². The maximum absolute atomic E-state index is 4.11. The van der Waals surface area contributed by atoms with Crippen LogP contribution in [0.2, 0.25) is 0 Å². The second kappa shape index (κ2) is 3.20. The Balaban J connectivity index is 3.71. The van der Waals surface area contributed by atoms with Crippen molar-refractivity contribution < 1.29 is 0 Å². The molecule has 0 spiro atoms. The highest BCUT2D eigenvalue weighted by Gasteiger charge is 2.05. The lowest BCUT2D eigenvalue weighted by molar-refractivity contribution is 0.558. The van der Waals surface area contributed by atoms with Gasteiger partial charge in [0.25, 0.3) is 0 Å². The zero-order valence-corrected chi connectivity index (χ0v) is 7.74. The van der Waals surface area contributed by atoms with Crippen LogP contribution in [0.1, 0.15) is 20.8 Å². The molecule has 9 heavy (non-hydrogen) atoms. The minimum atomic E-state index is -0.206. The summed E-state index contributed by atoms with van der Waals surface area (Å²) in [5.74, 6) is 0. The van der Waals surface area contributed by atoms with E-state index in [0.29, 0.717) is 0 Å². The Morgan fingerprint density at radius 2 is 1.56 bits per heavy atom. The largest absolute Gasteiger partial charge is 0.178 e. The molecule has 2 nitrogen and oxygen atoms in total. The van der Waals surface area contributed by atoms with Crippen molar-refractivity contribution in [1.29, 1.82) is 0 Å². The Hall–Kier alpha value is -0.0500. The van der Waals surface area contributed by atoms with Gasteiger partial charge in [-0.05, 0) is 33.3 Å². The van der Waals surface area contributed by atoms with Crippen molar-refractivity contribution >= 4 is 11.1 Å². The van der Waals surface area contributed by atoms with Gasteiger partial charge in [0.1, 0.15) is 0 Å². The lowest BCUT2D eigenvalue weighted by atomic mass is 10.1. The van der Waals surface area contributed by atoms with Crippen LogP contribution in [-0.4, -0.2) is 18.1 Å². The van der Waals surface area contributed by atoms with Gasteiger partial charge in [0, 0.05) is 0 Å². The van der Waals surface area contributed by atoms with Gasteiger partial charge in [0.15, 0.2) is 0 Å². The molecule has 0 rings (SSSR count). The average Bonchev–Trinajstić information content (AvgIpc) is 1.59. The Labute approximate surface area is 60.2 Å². The van der Waals surface area contributed by atoms with Crippen molar-refractivity contribution in [2.75, 3.05) is 12.5 Å². The summed E-state index contributed by atoms with van der Waals surface area (Å²) in [6.07, 6.45) is 4.18. The molecule has 0 radical (unpaired) electrons. The van der Waals surface area contributed by atoms with Crippen LogP contribution in [0.25, 0.3) is 0 Å². The fourth-order valence-electron chi connectivity index (χ4n) is 0.224. The van der Waals surface area contributed by atoms with Crippen molar-refractivity contribution in [3.63, 3.8) is 0 Å². The molecule has 0 aliphatic carbocycles. The first-order valence-corrected chi connectivity index (χ1v) is 5.21. The lowest BCUT2D eigenvalue weighted by Gasteiger charge is -2.10. The summed E-state index contributed by atoms with van der Waals surface area (Å²) >= 11 is -0.206. The minimum Gasteiger partial charge on any atom is -0.178 e. The third kappa shape index (κ3) is 7.95. The molecule has 0 aliphatic rings. The molecule has 0 aliphatic heterocycles. The van der Waals surface area contributed by atoms with E-state index in [0.717, 1.165) is 0 Å². The highest BCUT2D eigenvalue weighted by atomic mass is 32.2. The van der Waals surface area contributed by atoms with Gasteiger partial charge in [-0.3, -0.25) is 0 Å². The Bertz CT molecular complexity index is 102. The van der Waals surface area contributed by atoms with Crippen LogP contribution < -0.4 is 0 Å². The molecule has 3 heteroatoms. The van der Waals surface area contributed by atoms with Gasteiger partial charge in [0.05, 0.1) is 5.54 Å². The predicted molar refractivity (Wildman–Crippen MR) is 45.4 cm³/mol. The first-order chi connectivity index (χ1) is 3.92. The van der Waals surface area contributed by atoms with Gasteiger partial charge >= 0.3 is 0 Å². The van der Waals surface area contributed by atoms with Crippen molar-refractivity contribution in [1.82, 2.24) is 0 Å². The third-order valence-corrected chi connectivity index (χ3v) is 0.971. The molecule has 0 aromatic heterocycles. The Kier molecular flexibility index (Phi) is 3.18. The lowest BCUT2D eigenvalue weighted by Crippen LogP contribution is -2.07. The zero-order chi connectivity index (χ0) is 7.49. The van der Waals surface area contributed by atoms with E-state index in [1.54, 1.807) is 0 Å². The fraction of sp³-hybridized carbons (Fsp3) is 1.00. The Morgan fingerprint density at radius 3 is 1.67 bits per heavy atom. The van der Waals surface area contributed by atoms with Gasteiger partial charge < -0.3 is 0 Å². The van der Waals surface area contributed by atoms with E-state index in [2.05, 4.69) is 42.9 Å².